The summed E-state index contributed by atoms with van der Waals surface area (Å²) in [7, 11) is 0. The second kappa shape index (κ2) is 8.89. The highest BCUT2D eigenvalue weighted by Crippen LogP contribution is 2.41. The van der Waals surface area contributed by atoms with Crippen molar-refractivity contribution >= 4 is 23.3 Å². The van der Waals surface area contributed by atoms with Crippen LogP contribution in [0.1, 0.15) is 22.7 Å². The van der Waals surface area contributed by atoms with E-state index in [1.165, 1.54) is 4.90 Å². The van der Waals surface area contributed by atoms with Gasteiger partial charge in [0.05, 0.1) is 11.6 Å². The first-order valence-corrected chi connectivity index (χ1v) is 10.1. The van der Waals surface area contributed by atoms with Gasteiger partial charge >= 0.3 is 5.91 Å². The number of aryl methyl sites for hydroxylation is 1. The van der Waals surface area contributed by atoms with Gasteiger partial charge < -0.3 is 9.84 Å². The van der Waals surface area contributed by atoms with Gasteiger partial charge in [-0.1, -0.05) is 48.6 Å². The first-order valence-electron chi connectivity index (χ1n) is 10.1. The summed E-state index contributed by atoms with van der Waals surface area (Å²) in [4.78, 5) is 31.7. The van der Waals surface area contributed by atoms with E-state index in [0.717, 1.165) is 5.56 Å². The van der Waals surface area contributed by atoms with Crippen LogP contribution >= 0.6 is 0 Å². The van der Waals surface area contributed by atoms with E-state index in [2.05, 4.69) is 11.6 Å². The zero-order valence-corrected chi connectivity index (χ0v) is 17.6. The number of aromatic nitrogens is 1. The van der Waals surface area contributed by atoms with Crippen molar-refractivity contribution in [1.82, 2.24) is 4.98 Å². The summed E-state index contributed by atoms with van der Waals surface area (Å²) in [6, 6.07) is 18.5. The second-order valence-electron chi connectivity index (χ2n) is 7.39. The van der Waals surface area contributed by atoms with Crippen LogP contribution in [0.25, 0.3) is 5.76 Å². The topological polar surface area (TPSA) is 79.7 Å². The van der Waals surface area contributed by atoms with Crippen LogP contribution in [0.3, 0.4) is 0 Å². The van der Waals surface area contributed by atoms with Gasteiger partial charge in [0.2, 0.25) is 0 Å². The number of carbonyl (C=O) groups is 2. The predicted molar refractivity (Wildman–Crippen MR) is 122 cm³/mol. The van der Waals surface area contributed by atoms with Crippen LogP contribution < -0.4 is 9.64 Å². The molecule has 1 aliphatic rings. The molecule has 0 radical (unpaired) electrons. The summed E-state index contributed by atoms with van der Waals surface area (Å²) in [6.45, 7) is 5.92. The number of nitrogens with zero attached hydrogens (tertiary/aromatic N) is 2. The molecule has 1 amide bonds. The highest BCUT2D eigenvalue weighted by molar-refractivity contribution is 6.51. The number of aliphatic hydroxyl groups is 1. The SMILES string of the molecule is C=CCOc1ccc(/C(O)=C2/C(=O)C(=O)N(c3ccccn3)C2c2ccc(C)cc2)cc1. The number of amides is 1. The van der Waals surface area contributed by atoms with E-state index in [1.807, 2.05) is 31.2 Å². The molecule has 1 aromatic heterocycles. The van der Waals surface area contributed by atoms with Crippen molar-refractivity contribution in [2.75, 3.05) is 11.5 Å². The van der Waals surface area contributed by atoms with Crippen LogP contribution in [-0.4, -0.2) is 28.4 Å². The molecule has 1 atom stereocenters. The fourth-order valence-electron chi connectivity index (χ4n) is 3.65. The van der Waals surface area contributed by atoms with Crippen molar-refractivity contribution in [3.05, 3.63) is 108 Å². The molecule has 0 saturated carbocycles. The van der Waals surface area contributed by atoms with E-state index in [1.54, 1.807) is 54.7 Å². The van der Waals surface area contributed by atoms with Crippen molar-refractivity contribution in [3.63, 3.8) is 0 Å². The van der Waals surface area contributed by atoms with E-state index < -0.39 is 17.7 Å². The number of anilines is 1. The fraction of sp³-hybridized carbons (Fsp3) is 0.115. The molecule has 4 rings (SSSR count). The van der Waals surface area contributed by atoms with E-state index >= 15 is 0 Å². The minimum atomic E-state index is -0.804. The molecule has 0 spiro atoms. The number of aliphatic hydroxyl groups excluding tert-OH is 1. The number of hydrogen-bond acceptors (Lipinski definition) is 5. The Morgan fingerprint density at radius 2 is 1.81 bits per heavy atom. The lowest BCUT2D eigenvalue weighted by Gasteiger charge is -2.24. The number of ketones is 1. The number of hydrogen-bond donors (Lipinski definition) is 1. The predicted octanol–water partition coefficient (Wildman–Crippen LogP) is 4.58. The Labute approximate surface area is 186 Å². The fourth-order valence-corrected chi connectivity index (χ4v) is 3.65. The molecule has 1 unspecified atom stereocenters. The summed E-state index contributed by atoms with van der Waals surface area (Å²) in [6.07, 6.45) is 3.19. The van der Waals surface area contributed by atoms with Crippen LogP contribution in [0.15, 0.2) is 91.2 Å². The molecule has 0 aliphatic carbocycles. The van der Waals surface area contributed by atoms with Crippen LogP contribution in [0, 0.1) is 6.92 Å². The summed E-state index contributed by atoms with van der Waals surface area (Å²) < 4.78 is 5.48. The first-order chi connectivity index (χ1) is 15.5. The molecular weight excluding hydrogens is 404 g/mol. The van der Waals surface area contributed by atoms with Crippen LogP contribution in [-0.2, 0) is 9.59 Å². The molecule has 6 nitrogen and oxygen atoms in total. The number of rotatable bonds is 6. The average molecular weight is 426 g/mol. The van der Waals surface area contributed by atoms with Gasteiger partial charge in [-0.05, 0) is 48.9 Å². The molecule has 32 heavy (non-hydrogen) atoms. The van der Waals surface area contributed by atoms with Gasteiger partial charge in [0, 0.05) is 11.8 Å². The van der Waals surface area contributed by atoms with Gasteiger partial charge in [0.15, 0.2) is 0 Å². The monoisotopic (exact) mass is 426 g/mol. The highest BCUT2D eigenvalue weighted by Gasteiger charge is 2.47. The van der Waals surface area contributed by atoms with Gasteiger partial charge in [-0.3, -0.25) is 14.5 Å². The highest BCUT2D eigenvalue weighted by atomic mass is 16.5. The van der Waals surface area contributed by atoms with Crippen LogP contribution in [0.4, 0.5) is 5.82 Å². The molecule has 0 bridgehead atoms. The van der Waals surface area contributed by atoms with Gasteiger partial charge in [0.1, 0.15) is 23.9 Å². The number of Topliss-reactive ketones (excluding diaryl/α,β-unsaturated/α-hetero) is 1. The molecule has 1 N–H and O–H groups in total. The third kappa shape index (κ3) is 3.90. The van der Waals surface area contributed by atoms with Crippen molar-refractivity contribution in [2.45, 2.75) is 13.0 Å². The third-order valence-electron chi connectivity index (χ3n) is 5.23. The van der Waals surface area contributed by atoms with Gasteiger partial charge in [-0.25, -0.2) is 4.98 Å². The molecule has 1 saturated heterocycles. The number of pyridine rings is 1. The lowest BCUT2D eigenvalue weighted by Crippen LogP contribution is -2.30. The average Bonchev–Trinajstić information content (AvgIpc) is 3.09. The van der Waals surface area contributed by atoms with Gasteiger partial charge in [0.25, 0.3) is 5.78 Å². The maximum atomic E-state index is 13.1. The third-order valence-corrected chi connectivity index (χ3v) is 5.23. The summed E-state index contributed by atoms with van der Waals surface area (Å²) in [5.41, 5.74) is 2.17. The molecule has 1 fully saturated rings. The van der Waals surface area contributed by atoms with E-state index in [4.69, 9.17) is 4.74 Å². The second-order valence-corrected chi connectivity index (χ2v) is 7.39. The lowest BCUT2D eigenvalue weighted by molar-refractivity contribution is -0.132. The summed E-state index contributed by atoms with van der Waals surface area (Å²) in [5.74, 6) is -0.798. The normalized spacial score (nSPS) is 17.4. The zero-order valence-electron chi connectivity index (χ0n) is 17.6. The maximum Gasteiger partial charge on any atom is 0.301 e. The summed E-state index contributed by atoms with van der Waals surface area (Å²) in [5, 5.41) is 11.1. The van der Waals surface area contributed by atoms with E-state index in [-0.39, 0.29) is 11.3 Å². The Hall–Kier alpha value is -4.19. The standard InChI is InChI=1S/C26H22N2O4/c1-3-16-32-20-13-11-19(12-14-20)24(29)22-23(18-9-7-17(2)8-10-18)28(26(31)25(22)30)21-6-4-5-15-27-21/h3-15,23,29H,1,16H2,2H3/b24-22-. The van der Waals surface area contributed by atoms with Gasteiger partial charge in [-0.2, -0.15) is 0 Å². The van der Waals surface area contributed by atoms with Crippen molar-refractivity contribution in [2.24, 2.45) is 0 Å². The molecule has 6 heteroatoms. The minimum absolute atomic E-state index is 0.0178. The smallest absolute Gasteiger partial charge is 0.301 e. The quantitative estimate of drug-likeness (QED) is 0.270. The molecule has 2 heterocycles. The van der Waals surface area contributed by atoms with Crippen molar-refractivity contribution < 1.29 is 19.4 Å². The minimum Gasteiger partial charge on any atom is -0.507 e. The Bertz CT molecular complexity index is 1180. The lowest BCUT2D eigenvalue weighted by atomic mass is 9.94. The van der Waals surface area contributed by atoms with E-state index in [0.29, 0.717) is 29.3 Å². The molecule has 1 aliphatic heterocycles. The Kier molecular flexibility index (Phi) is 5.85. The zero-order chi connectivity index (χ0) is 22.7. The Morgan fingerprint density at radius 3 is 2.44 bits per heavy atom. The van der Waals surface area contributed by atoms with Crippen LogP contribution in [0.2, 0.25) is 0 Å². The Morgan fingerprint density at radius 1 is 1.09 bits per heavy atom. The first kappa shape index (κ1) is 21.1. The molecule has 160 valence electrons. The largest absolute Gasteiger partial charge is 0.507 e. The molecule has 2 aromatic carbocycles. The number of ether oxygens (including phenoxy) is 1. The van der Waals surface area contributed by atoms with Gasteiger partial charge in [-0.15, -0.1) is 0 Å². The van der Waals surface area contributed by atoms with Crippen LogP contribution in [0.5, 0.6) is 5.75 Å². The summed E-state index contributed by atoms with van der Waals surface area (Å²) >= 11 is 0. The van der Waals surface area contributed by atoms with E-state index in [9.17, 15) is 14.7 Å². The number of carbonyl (C=O) groups excluding carboxylic acids is 2. The molecule has 3 aromatic rings. The Balaban J connectivity index is 1.84. The van der Waals surface area contributed by atoms with Crippen molar-refractivity contribution in [3.8, 4) is 5.75 Å². The van der Waals surface area contributed by atoms with Crippen molar-refractivity contribution in [1.29, 1.82) is 0 Å². The number of benzene rings is 2. The maximum absolute atomic E-state index is 13.1. The molecular formula is C26H22N2O4.